The average molecular weight is 493 g/mol. The molecule has 0 spiro atoms. The fraction of sp³-hybridized carbons (Fsp3) is 0.130. The molecule has 3 aromatic rings. The number of hydrogen-bond acceptors (Lipinski definition) is 5. The summed E-state index contributed by atoms with van der Waals surface area (Å²) in [6.07, 6.45) is 0. The summed E-state index contributed by atoms with van der Waals surface area (Å²) in [5.74, 6) is -1.28. The zero-order valence-electron chi connectivity index (χ0n) is 16.9. The van der Waals surface area contributed by atoms with E-state index in [4.69, 9.17) is 44.0 Å². The lowest BCUT2D eigenvalue weighted by Crippen LogP contribution is -2.29. The predicted molar refractivity (Wildman–Crippen MR) is 123 cm³/mol. The highest BCUT2D eigenvalue weighted by Crippen LogP contribution is 2.45. The first-order chi connectivity index (χ1) is 15.2. The molecule has 1 N–H and O–H groups in total. The van der Waals surface area contributed by atoms with Crippen LogP contribution in [-0.4, -0.2) is 23.9 Å². The number of carbonyl (C=O) groups excluding carboxylic acids is 2. The summed E-state index contributed by atoms with van der Waals surface area (Å²) in [5, 5.41) is 12.0. The maximum atomic E-state index is 13.2. The molecule has 32 heavy (non-hydrogen) atoms. The number of nitrogens with zero attached hydrogens (tertiary/aromatic N) is 1. The number of ketones is 1. The lowest BCUT2D eigenvalue weighted by atomic mass is 9.98. The maximum absolute atomic E-state index is 13.2. The first-order valence-electron chi connectivity index (χ1n) is 9.39. The molecule has 1 aliphatic heterocycles. The van der Waals surface area contributed by atoms with Crippen LogP contribution in [0.15, 0.2) is 58.5 Å². The number of Topliss-reactive ketones (excluding diaryl/α,β-unsaturated/α-hetero) is 1. The monoisotopic (exact) mass is 491 g/mol. The van der Waals surface area contributed by atoms with Crippen LogP contribution in [0.5, 0.6) is 5.75 Å². The third kappa shape index (κ3) is 3.75. The number of aliphatic hydroxyl groups is 1. The van der Waals surface area contributed by atoms with Crippen molar-refractivity contribution in [3.8, 4) is 5.75 Å². The van der Waals surface area contributed by atoms with Crippen molar-refractivity contribution in [3.05, 3.63) is 86.3 Å². The Labute approximate surface area is 198 Å². The van der Waals surface area contributed by atoms with E-state index in [0.717, 1.165) is 0 Å². The van der Waals surface area contributed by atoms with Crippen molar-refractivity contribution in [1.29, 1.82) is 0 Å². The first kappa shape index (κ1) is 22.3. The fourth-order valence-electron chi connectivity index (χ4n) is 3.68. The van der Waals surface area contributed by atoms with Gasteiger partial charge in [-0.1, -0.05) is 40.9 Å². The van der Waals surface area contributed by atoms with Gasteiger partial charge in [0.05, 0.1) is 23.3 Å². The van der Waals surface area contributed by atoms with E-state index in [9.17, 15) is 14.7 Å². The largest absolute Gasteiger partial charge is 0.507 e. The summed E-state index contributed by atoms with van der Waals surface area (Å²) in [6.45, 7) is 1.73. The molecule has 6 nitrogen and oxygen atoms in total. The maximum Gasteiger partial charge on any atom is 0.300 e. The molecular weight excluding hydrogens is 477 g/mol. The van der Waals surface area contributed by atoms with Crippen LogP contribution in [0.25, 0.3) is 5.76 Å². The number of aliphatic hydroxyl groups excluding tert-OH is 1. The molecular formula is C23H16Cl3NO5. The summed E-state index contributed by atoms with van der Waals surface area (Å²) in [7, 11) is 1.36. The molecule has 2 aromatic carbocycles. The Kier molecular flexibility index (Phi) is 5.95. The van der Waals surface area contributed by atoms with Gasteiger partial charge in [-0.15, -0.1) is 0 Å². The van der Waals surface area contributed by atoms with Crippen LogP contribution < -0.4 is 9.64 Å². The van der Waals surface area contributed by atoms with Crippen molar-refractivity contribution in [2.75, 3.05) is 12.0 Å². The third-order valence-electron chi connectivity index (χ3n) is 5.03. The first-order valence-corrected chi connectivity index (χ1v) is 10.5. The Hall–Kier alpha value is -2.93. The molecule has 0 radical (unpaired) electrons. The van der Waals surface area contributed by atoms with Gasteiger partial charge in [0, 0.05) is 15.7 Å². The van der Waals surface area contributed by atoms with Crippen LogP contribution in [0.1, 0.15) is 23.1 Å². The summed E-state index contributed by atoms with van der Waals surface area (Å²) in [6, 6.07) is 11.6. The number of benzene rings is 2. The van der Waals surface area contributed by atoms with Gasteiger partial charge >= 0.3 is 0 Å². The fourth-order valence-corrected chi connectivity index (χ4v) is 4.44. The van der Waals surface area contributed by atoms with Crippen molar-refractivity contribution in [1.82, 2.24) is 0 Å². The van der Waals surface area contributed by atoms with Crippen LogP contribution in [0.3, 0.4) is 0 Å². The van der Waals surface area contributed by atoms with E-state index in [1.165, 1.54) is 24.1 Å². The molecule has 0 saturated carbocycles. The average Bonchev–Trinajstić information content (AvgIpc) is 3.28. The van der Waals surface area contributed by atoms with Gasteiger partial charge in [-0.3, -0.25) is 14.5 Å². The summed E-state index contributed by atoms with van der Waals surface area (Å²) >= 11 is 18.5. The minimum atomic E-state index is -1.05. The van der Waals surface area contributed by atoms with Crippen molar-refractivity contribution in [2.45, 2.75) is 13.0 Å². The van der Waals surface area contributed by atoms with Crippen molar-refractivity contribution in [3.63, 3.8) is 0 Å². The van der Waals surface area contributed by atoms with Crippen LogP contribution in [0, 0.1) is 6.92 Å². The molecule has 1 atom stereocenters. The molecule has 1 amide bonds. The molecule has 0 bridgehead atoms. The van der Waals surface area contributed by atoms with E-state index in [-0.39, 0.29) is 32.7 Å². The number of amides is 1. The molecule has 4 rings (SSSR count). The SMILES string of the molecule is COc1c(Cl)cc(Cl)cc1/C(O)=C1\C(=O)C(=O)N(c2cccc(Cl)c2)C1c1ccc(C)o1. The smallest absolute Gasteiger partial charge is 0.300 e. The van der Waals surface area contributed by atoms with Crippen molar-refractivity contribution < 1.29 is 23.8 Å². The number of aryl methyl sites for hydroxylation is 1. The van der Waals surface area contributed by atoms with E-state index in [1.807, 2.05) is 0 Å². The van der Waals surface area contributed by atoms with Crippen LogP contribution >= 0.6 is 34.8 Å². The van der Waals surface area contributed by atoms with Gasteiger partial charge in [0.25, 0.3) is 11.7 Å². The summed E-state index contributed by atoms with van der Waals surface area (Å²) < 4.78 is 11.1. The van der Waals surface area contributed by atoms with Crippen LogP contribution in [0.2, 0.25) is 15.1 Å². The molecule has 1 aliphatic rings. The van der Waals surface area contributed by atoms with E-state index in [0.29, 0.717) is 16.5 Å². The van der Waals surface area contributed by atoms with E-state index in [1.54, 1.807) is 43.3 Å². The summed E-state index contributed by atoms with van der Waals surface area (Å²) in [5.41, 5.74) is 0.247. The van der Waals surface area contributed by atoms with Gasteiger partial charge in [-0.25, -0.2) is 0 Å². The van der Waals surface area contributed by atoms with Gasteiger partial charge in [-0.05, 0) is 49.4 Å². The number of furan rings is 1. The summed E-state index contributed by atoms with van der Waals surface area (Å²) in [4.78, 5) is 27.5. The minimum Gasteiger partial charge on any atom is -0.507 e. The molecule has 1 aromatic heterocycles. The van der Waals surface area contributed by atoms with Crippen molar-refractivity contribution >= 4 is 57.9 Å². The molecule has 164 valence electrons. The van der Waals surface area contributed by atoms with Crippen LogP contribution in [0.4, 0.5) is 5.69 Å². The number of carbonyl (C=O) groups is 2. The predicted octanol–water partition coefficient (Wildman–Crippen LogP) is 6.18. The molecule has 1 unspecified atom stereocenters. The second-order valence-corrected chi connectivity index (χ2v) is 8.35. The highest BCUT2D eigenvalue weighted by molar-refractivity contribution is 6.52. The van der Waals surface area contributed by atoms with Crippen molar-refractivity contribution in [2.24, 2.45) is 0 Å². The van der Waals surface area contributed by atoms with Gasteiger partial charge < -0.3 is 14.3 Å². The number of methoxy groups -OCH3 is 1. The number of ether oxygens (including phenoxy) is 1. The van der Waals surface area contributed by atoms with Crippen LogP contribution in [-0.2, 0) is 9.59 Å². The number of halogens is 3. The minimum absolute atomic E-state index is 0.0716. The standard InChI is InChI=1S/C23H16Cl3NO5/c1-11-6-7-17(32-11)19-18(20(28)15-9-13(25)10-16(26)22(15)31-2)21(29)23(30)27(19)14-5-3-4-12(24)8-14/h3-10,19,28H,1-2H3/b20-18+. The van der Waals surface area contributed by atoms with Gasteiger partial charge in [0.2, 0.25) is 0 Å². The van der Waals surface area contributed by atoms with Gasteiger partial charge in [0.1, 0.15) is 29.1 Å². The molecule has 1 fully saturated rings. The van der Waals surface area contributed by atoms with E-state index in [2.05, 4.69) is 0 Å². The Morgan fingerprint density at radius 3 is 2.44 bits per heavy atom. The zero-order valence-corrected chi connectivity index (χ0v) is 19.1. The Morgan fingerprint density at radius 1 is 1.06 bits per heavy atom. The zero-order chi connectivity index (χ0) is 23.2. The second kappa shape index (κ2) is 8.54. The number of anilines is 1. The highest BCUT2D eigenvalue weighted by atomic mass is 35.5. The quantitative estimate of drug-likeness (QED) is 0.267. The third-order valence-corrected chi connectivity index (χ3v) is 5.76. The normalized spacial score (nSPS) is 17.8. The van der Waals surface area contributed by atoms with E-state index >= 15 is 0 Å². The van der Waals surface area contributed by atoms with E-state index < -0.39 is 23.5 Å². The van der Waals surface area contributed by atoms with Gasteiger partial charge in [-0.2, -0.15) is 0 Å². The Balaban J connectivity index is 2.00. The molecule has 2 heterocycles. The highest BCUT2D eigenvalue weighted by Gasteiger charge is 2.48. The number of hydrogen-bond donors (Lipinski definition) is 1. The molecule has 9 heteroatoms. The molecule has 1 saturated heterocycles. The lowest BCUT2D eigenvalue weighted by molar-refractivity contribution is -0.132. The van der Waals surface area contributed by atoms with Gasteiger partial charge in [0.15, 0.2) is 0 Å². The topological polar surface area (TPSA) is 80.0 Å². The Morgan fingerprint density at radius 2 is 1.81 bits per heavy atom. The lowest BCUT2D eigenvalue weighted by Gasteiger charge is -2.23. The number of rotatable bonds is 4. The molecule has 0 aliphatic carbocycles. The Bertz CT molecular complexity index is 1280. The second-order valence-electron chi connectivity index (χ2n) is 7.07.